The third kappa shape index (κ3) is 3.28. The van der Waals surface area contributed by atoms with Gasteiger partial charge in [0.2, 0.25) is 11.7 Å². The van der Waals surface area contributed by atoms with E-state index < -0.39 is 0 Å². The van der Waals surface area contributed by atoms with E-state index in [0.717, 1.165) is 16.9 Å². The third-order valence-corrected chi connectivity index (χ3v) is 4.10. The fraction of sp³-hybridized carbons (Fsp3) is 0.263. The van der Waals surface area contributed by atoms with E-state index in [-0.39, 0.29) is 12.5 Å². The van der Waals surface area contributed by atoms with Crippen LogP contribution >= 0.6 is 0 Å². The number of benzene rings is 2. The first-order valence-corrected chi connectivity index (χ1v) is 8.09. The number of fused-ring (bicyclic) bond motifs is 1. The van der Waals surface area contributed by atoms with E-state index in [1.807, 2.05) is 35.8 Å². The average molecular weight is 355 g/mol. The van der Waals surface area contributed by atoms with E-state index in [0.29, 0.717) is 22.9 Å². The Hall–Kier alpha value is -3.22. The van der Waals surface area contributed by atoms with Gasteiger partial charge in [0.05, 0.1) is 32.4 Å². The second-order valence-corrected chi connectivity index (χ2v) is 5.70. The number of aryl methyl sites for hydroxylation is 1. The molecule has 0 atom stereocenters. The van der Waals surface area contributed by atoms with Gasteiger partial charge in [0, 0.05) is 17.8 Å². The number of para-hydroxylation sites is 2. The number of carbonyl (C=O) groups is 1. The molecule has 26 heavy (non-hydrogen) atoms. The second-order valence-electron chi connectivity index (χ2n) is 5.70. The lowest BCUT2D eigenvalue weighted by molar-refractivity contribution is -0.116. The van der Waals surface area contributed by atoms with Crippen LogP contribution in [0, 0.1) is 6.92 Å². The molecule has 0 aliphatic carbocycles. The molecule has 7 nitrogen and oxygen atoms in total. The number of imidazole rings is 1. The summed E-state index contributed by atoms with van der Waals surface area (Å²) in [5.41, 5.74) is 2.35. The van der Waals surface area contributed by atoms with E-state index in [9.17, 15) is 4.79 Å². The van der Waals surface area contributed by atoms with Gasteiger partial charge in [-0.05, 0) is 19.1 Å². The number of hydrogen-bond donors (Lipinski definition) is 1. The van der Waals surface area contributed by atoms with Gasteiger partial charge >= 0.3 is 0 Å². The largest absolute Gasteiger partial charge is 0.493 e. The minimum atomic E-state index is -0.175. The fourth-order valence-corrected chi connectivity index (χ4v) is 2.89. The lowest BCUT2D eigenvalue weighted by Crippen LogP contribution is -2.19. The molecule has 0 bridgehead atoms. The quantitative estimate of drug-likeness (QED) is 0.736. The van der Waals surface area contributed by atoms with Gasteiger partial charge in [-0.3, -0.25) is 4.79 Å². The minimum Gasteiger partial charge on any atom is -0.493 e. The SMILES string of the molecule is COc1cc(NC(=O)Cn2c(C)nc3ccccc32)cc(OC)c1OC. The molecule has 0 spiro atoms. The molecule has 0 aliphatic heterocycles. The normalized spacial score (nSPS) is 10.6. The van der Waals surface area contributed by atoms with Gasteiger partial charge in [0.15, 0.2) is 11.5 Å². The summed E-state index contributed by atoms with van der Waals surface area (Å²) in [6, 6.07) is 11.1. The van der Waals surface area contributed by atoms with Crippen molar-refractivity contribution in [1.29, 1.82) is 0 Å². The number of aromatic nitrogens is 2. The zero-order valence-corrected chi connectivity index (χ0v) is 15.2. The van der Waals surface area contributed by atoms with Gasteiger partial charge in [0.25, 0.3) is 0 Å². The molecule has 1 N–H and O–H groups in total. The first-order chi connectivity index (χ1) is 12.6. The molecule has 2 aromatic carbocycles. The number of nitrogens with zero attached hydrogens (tertiary/aromatic N) is 2. The standard InChI is InChI=1S/C19H21N3O4/c1-12-20-14-7-5-6-8-15(14)22(12)11-18(23)21-13-9-16(24-2)19(26-4)17(10-13)25-3/h5-10H,11H2,1-4H3,(H,21,23). The molecule has 0 saturated heterocycles. The smallest absolute Gasteiger partial charge is 0.244 e. The highest BCUT2D eigenvalue weighted by molar-refractivity contribution is 5.92. The zero-order chi connectivity index (χ0) is 18.7. The summed E-state index contributed by atoms with van der Waals surface area (Å²) in [6.07, 6.45) is 0. The summed E-state index contributed by atoms with van der Waals surface area (Å²) in [5, 5.41) is 2.87. The van der Waals surface area contributed by atoms with E-state index >= 15 is 0 Å². The number of carbonyl (C=O) groups excluding carboxylic acids is 1. The van der Waals surface area contributed by atoms with Gasteiger partial charge in [0.1, 0.15) is 12.4 Å². The molecular weight excluding hydrogens is 334 g/mol. The first-order valence-electron chi connectivity index (χ1n) is 8.09. The van der Waals surface area contributed by atoms with Gasteiger partial charge in [-0.2, -0.15) is 0 Å². The van der Waals surface area contributed by atoms with Crippen molar-refractivity contribution in [2.24, 2.45) is 0 Å². The summed E-state index contributed by atoms with van der Waals surface area (Å²) >= 11 is 0. The highest BCUT2D eigenvalue weighted by atomic mass is 16.5. The van der Waals surface area contributed by atoms with Crippen LogP contribution in [-0.2, 0) is 11.3 Å². The lowest BCUT2D eigenvalue weighted by Gasteiger charge is -2.15. The first kappa shape index (κ1) is 17.6. The second kappa shape index (κ2) is 7.35. The fourth-order valence-electron chi connectivity index (χ4n) is 2.89. The molecule has 7 heteroatoms. The van der Waals surface area contributed by atoms with Gasteiger partial charge in [-0.25, -0.2) is 4.98 Å². The van der Waals surface area contributed by atoms with Crippen molar-refractivity contribution in [3.8, 4) is 17.2 Å². The number of nitrogens with one attached hydrogen (secondary N) is 1. The summed E-state index contributed by atoms with van der Waals surface area (Å²) in [6.45, 7) is 2.04. The maximum absolute atomic E-state index is 12.6. The van der Waals surface area contributed by atoms with Crippen LogP contribution in [0.5, 0.6) is 17.2 Å². The third-order valence-electron chi connectivity index (χ3n) is 4.10. The van der Waals surface area contributed by atoms with E-state index in [1.54, 1.807) is 12.1 Å². The molecule has 136 valence electrons. The van der Waals surface area contributed by atoms with E-state index in [1.165, 1.54) is 21.3 Å². The topological polar surface area (TPSA) is 74.6 Å². The van der Waals surface area contributed by atoms with Crippen LogP contribution in [0.1, 0.15) is 5.82 Å². The zero-order valence-electron chi connectivity index (χ0n) is 15.2. The van der Waals surface area contributed by atoms with Crippen molar-refractivity contribution >= 4 is 22.6 Å². The Balaban J connectivity index is 1.85. The molecule has 0 aliphatic rings. The van der Waals surface area contributed by atoms with Crippen LogP contribution in [-0.4, -0.2) is 36.8 Å². The molecule has 0 saturated carbocycles. The highest BCUT2D eigenvalue weighted by Gasteiger charge is 2.16. The number of rotatable bonds is 6. The van der Waals surface area contributed by atoms with Crippen molar-refractivity contribution in [2.45, 2.75) is 13.5 Å². The Bertz CT molecular complexity index is 924. The van der Waals surface area contributed by atoms with Crippen molar-refractivity contribution < 1.29 is 19.0 Å². The molecule has 3 rings (SSSR count). The highest BCUT2D eigenvalue weighted by Crippen LogP contribution is 2.39. The molecule has 1 amide bonds. The Morgan fingerprint density at radius 3 is 2.35 bits per heavy atom. The molecule has 0 fully saturated rings. The van der Waals surface area contributed by atoms with Crippen LogP contribution in [0.15, 0.2) is 36.4 Å². The predicted octanol–water partition coefficient (Wildman–Crippen LogP) is 3.01. The monoisotopic (exact) mass is 355 g/mol. The molecule has 0 unspecified atom stereocenters. The van der Waals surface area contributed by atoms with Crippen LogP contribution in [0.25, 0.3) is 11.0 Å². The van der Waals surface area contributed by atoms with E-state index in [2.05, 4.69) is 10.3 Å². The number of ether oxygens (including phenoxy) is 3. The van der Waals surface area contributed by atoms with E-state index in [4.69, 9.17) is 14.2 Å². The van der Waals surface area contributed by atoms with Crippen molar-refractivity contribution in [3.05, 3.63) is 42.2 Å². The number of hydrogen-bond acceptors (Lipinski definition) is 5. The molecule has 1 aromatic heterocycles. The maximum Gasteiger partial charge on any atom is 0.244 e. The molecule has 1 heterocycles. The molecule has 3 aromatic rings. The average Bonchev–Trinajstić information content (AvgIpc) is 2.96. The van der Waals surface area contributed by atoms with Crippen molar-refractivity contribution in [2.75, 3.05) is 26.6 Å². The summed E-state index contributed by atoms with van der Waals surface area (Å²) in [5.74, 6) is 2.04. The summed E-state index contributed by atoms with van der Waals surface area (Å²) in [4.78, 5) is 17.0. The number of amides is 1. The number of anilines is 1. The molecular formula is C19H21N3O4. The Morgan fingerprint density at radius 1 is 1.08 bits per heavy atom. The summed E-state index contributed by atoms with van der Waals surface area (Å²) < 4.78 is 17.8. The molecule has 0 radical (unpaired) electrons. The van der Waals surface area contributed by atoms with Crippen molar-refractivity contribution in [1.82, 2.24) is 9.55 Å². The van der Waals surface area contributed by atoms with Crippen LogP contribution < -0.4 is 19.5 Å². The minimum absolute atomic E-state index is 0.156. The maximum atomic E-state index is 12.6. The Morgan fingerprint density at radius 2 is 1.73 bits per heavy atom. The van der Waals surface area contributed by atoms with Gasteiger partial charge in [-0.1, -0.05) is 12.1 Å². The summed E-state index contributed by atoms with van der Waals surface area (Å²) in [7, 11) is 4.60. The van der Waals surface area contributed by atoms with Crippen LogP contribution in [0.2, 0.25) is 0 Å². The number of methoxy groups -OCH3 is 3. The Kier molecular flexibility index (Phi) is 4.97. The van der Waals surface area contributed by atoms with Crippen molar-refractivity contribution in [3.63, 3.8) is 0 Å². The van der Waals surface area contributed by atoms with Crippen LogP contribution in [0.4, 0.5) is 5.69 Å². The predicted molar refractivity (Wildman–Crippen MR) is 99.2 cm³/mol. The van der Waals surface area contributed by atoms with Crippen LogP contribution in [0.3, 0.4) is 0 Å². The van der Waals surface area contributed by atoms with Gasteiger partial charge in [-0.15, -0.1) is 0 Å². The van der Waals surface area contributed by atoms with Gasteiger partial charge < -0.3 is 24.1 Å². The lowest BCUT2D eigenvalue weighted by atomic mass is 10.2. The Labute approximate surface area is 151 Å².